The molecule has 1 aliphatic carbocycles. The van der Waals surface area contributed by atoms with Gasteiger partial charge in [-0.2, -0.15) is 0 Å². The molecule has 0 amide bonds. The van der Waals surface area contributed by atoms with Gasteiger partial charge < -0.3 is 9.84 Å². The average Bonchev–Trinajstić information content (AvgIpc) is 3.02. The predicted molar refractivity (Wildman–Crippen MR) is 83.8 cm³/mol. The molecule has 0 radical (unpaired) electrons. The highest BCUT2D eigenvalue weighted by atomic mass is 16.5. The first kappa shape index (κ1) is 14.7. The van der Waals surface area contributed by atoms with Crippen molar-refractivity contribution in [2.75, 3.05) is 33.3 Å². The molecule has 1 saturated carbocycles. The molecule has 1 aromatic carbocycles. The van der Waals surface area contributed by atoms with Crippen LogP contribution in [0.3, 0.4) is 0 Å². The first-order valence-corrected chi connectivity index (χ1v) is 8.08. The molecule has 0 atom stereocenters. The van der Waals surface area contributed by atoms with E-state index in [9.17, 15) is 5.11 Å². The minimum Gasteiger partial charge on any atom is -0.504 e. The molecule has 21 heavy (non-hydrogen) atoms. The number of aromatic hydroxyl groups is 1. The maximum Gasteiger partial charge on any atom is 0.160 e. The lowest BCUT2D eigenvalue weighted by atomic mass is 10.1. The van der Waals surface area contributed by atoms with Crippen LogP contribution in [0.25, 0.3) is 0 Å². The summed E-state index contributed by atoms with van der Waals surface area (Å²) in [6.45, 7) is 5.54. The van der Waals surface area contributed by atoms with Crippen molar-refractivity contribution in [1.29, 1.82) is 0 Å². The molecular formula is C17H26N2O2. The van der Waals surface area contributed by atoms with Crippen LogP contribution in [0.15, 0.2) is 18.2 Å². The van der Waals surface area contributed by atoms with Crippen LogP contribution < -0.4 is 4.74 Å². The van der Waals surface area contributed by atoms with E-state index >= 15 is 0 Å². The van der Waals surface area contributed by atoms with Gasteiger partial charge in [0, 0.05) is 38.8 Å². The van der Waals surface area contributed by atoms with Crippen LogP contribution in [0.1, 0.15) is 31.2 Å². The third kappa shape index (κ3) is 3.50. The van der Waals surface area contributed by atoms with Crippen LogP contribution in [0.2, 0.25) is 0 Å². The molecule has 0 spiro atoms. The molecule has 116 valence electrons. The normalized spacial score (nSPS) is 21.8. The lowest BCUT2D eigenvalue weighted by Crippen LogP contribution is -2.49. The Bertz CT molecular complexity index is 464. The molecule has 0 aromatic heterocycles. The molecule has 2 aliphatic rings. The van der Waals surface area contributed by atoms with Gasteiger partial charge in [-0.1, -0.05) is 18.9 Å². The summed E-state index contributed by atoms with van der Waals surface area (Å²) < 4.78 is 5.09. The highest BCUT2D eigenvalue weighted by Gasteiger charge is 2.26. The van der Waals surface area contributed by atoms with E-state index in [1.54, 1.807) is 7.11 Å². The van der Waals surface area contributed by atoms with Gasteiger partial charge in [-0.15, -0.1) is 0 Å². The van der Waals surface area contributed by atoms with Crippen LogP contribution in [0.5, 0.6) is 11.5 Å². The van der Waals surface area contributed by atoms with Gasteiger partial charge in [0.2, 0.25) is 0 Å². The molecule has 1 aliphatic heterocycles. The SMILES string of the molecule is COc1ccc(CN2CCN(C3CCCC3)CC2)cc1O. The minimum atomic E-state index is 0.236. The number of phenolic OH excluding ortho intramolecular Hbond substituents is 1. The van der Waals surface area contributed by atoms with Crippen LogP contribution in [-0.2, 0) is 6.54 Å². The molecule has 0 unspecified atom stereocenters. The van der Waals surface area contributed by atoms with Crippen molar-refractivity contribution < 1.29 is 9.84 Å². The molecule has 1 heterocycles. The van der Waals surface area contributed by atoms with Gasteiger partial charge in [0.25, 0.3) is 0 Å². The lowest BCUT2D eigenvalue weighted by Gasteiger charge is -2.38. The molecule has 4 nitrogen and oxygen atoms in total. The van der Waals surface area contributed by atoms with Crippen molar-refractivity contribution in [1.82, 2.24) is 9.80 Å². The van der Waals surface area contributed by atoms with E-state index in [0.29, 0.717) is 5.75 Å². The second-order valence-corrected chi connectivity index (χ2v) is 6.26. The van der Waals surface area contributed by atoms with E-state index in [4.69, 9.17) is 4.74 Å². The molecule has 3 rings (SSSR count). The zero-order chi connectivity index (χ0) is 14.7. The minimum absolute atomic E-state index is 0.236. The molecule has 1 N–H and O–H groups in total. The fourth-order valence-electron chi connectivity index (χ4n) is 3.65. The number of piperazine rings is 1. The second-order valence-electron chi connectivity index (χ2n) is 6.26. The Kier molecular flexibility index (Phi) is 4.66. The van der Waals surface area contributed by atoms with Crippen LogP contribution >= 0.6 is 0 Å². The van der Waals surface area contributed by atoms with E-state index in [2.05, 4.69) is 9.80 Å². The quantitative estimate of drug-likeness (QED) is 0.924. The Morgan fingerprint density at radius 2 is 1.86 bits per heavy atom. The van der Waals surface area contributed by atoms with Gasteiger partial charge in [-0.25, -0.2) is 0 Å². The van der Waals surface area contributed by atoms with Crippen molar-refractivity contribution >= 4 is 0 Å². The van der Waals surface area contributed by atoms with Crippen molar-refractivity contribution in [3.8, 4) is 11.5 Å². The number of nitrogens with zero attached hydrogens (tertiary/aromatic N) is 2. The number of methoxy groups -OCH3 is 1. The summed E-state index contributed by atoms with van der Waals surface area (Å²) in [4.78, 5) is 5.15. The van der Waals surface area contributed by atoms with Crippen LogP contribution in [-0.4, -0.2) is 54.2 Å². The summed E-state index contributed by atoms with van der Waals surface area (Å²) in [5, 5.41) is 9.85. The summed E-state index contributed by atoms with van der Waals surface area (Å²) in [6.07, 6.45) is 5.62. The summed E-state index contributed by atoms with van der Waals surface area (Å²) in [6, 6.07) is 6.56. The molecule has 1 saturated heterocycles. The van der Waals surface area contributed by atoms with E-state index in [0.717, 1.165) is 31.2 Å². The summed E-state index contributed by atoms with van der Waals surface area (Å²) in [7, 11) is 1.58. The number of hydrogen-bond donors (Lipinski definition) is 1. The smallest absolute Gasteiger partial charge is 0.160 e. The van der Waals surface area contributed by atoms with Crippen molar-refractivity contribution in [3.63, 3.8) is 0 Å². The number of hydrogen-bond acceptors (Lipinski definition) is 4. The summed E-state index contributed by atoms with van der Waals surface area (Å²) in [5.74, 6) is 0.782. The average molecular weight is 290 g/mol. The van der Waals surface area contributed by atoms with Gasteiger partial charge >= 0.3 is 0 Å². The molecular weight excluding hydrogens is 264 g/mol. The largest absolute Gasteiger partial charge is 0.504 e. The Morgan fingerprint density at radius 1 is 1.14 bits per heavy atom. The lowest BCUT2D eigenvalue weighted by molar-refractivity contribution is 0.0936. The summed E-state index contributed by atoms with van der Waals surface area (Å²) in [5.41, 5.74) is 1.16. The van der Waals surface area contributed by atoms with Gasteiger partial charge in [-0.05, 0) is 30.5 Å². The number of phenols is 1. The maximum absolute atomic E-state index is 9.85. The predicted octanol–water partition coefficient (Wildman–Crippen LogP) is 2.46. The van der Waals surface area contributed by atoms with Crippen molar-refractivity contribution in [2.45, 2.75) is 38.3 Å². The summed E-state index contributed by atoms with van der Waals surface area (Å²) >= 11 is 0. The first-order valence-electron chi connectivity index (χ1n) is 8.08. The van der Waals surface area contributed by atoms with E-state index in [1.165, 1.54) is 38.8 Å². The van der Waals surface area contributed by atoms with E-state index < -0.39 is 0 Å². The zero-order valence-corrected chi connectivity index (χ0v) is 12.9. The van der Waals surface area contributed by atoms with Crippen LogP contribution in [0, 0.1) is 0 Å². The van der Waals surface area contributed by atoms with Crippen molar-refractivity contribution in [3.05, 3.63) is 23.8 Å². The Labute approximate surface area is 127 Å². The van der Waals surface area contributed by atoms with E-state index in [-0.39, 0.29) is 5.75 Å². The molecule has 0 bridgehead atoms. The third-order valence-corrected chi connectivity index (χ3v) is 4.90. The molecule has 1 aromatic rings. The topological polar surface area (TPSA) is 35.9 Å². The Morgan fingerprint density at radius 3 is 2.48 bits per heavy atom. The maximum atomic E-state index is 9.85. The fourth-order valence-corrected chi connectivity index (χ4v) is 3.65. The number of ether oxygens (including phenoxy) is 1. The second kappa shape index (κ2) is 6.67. The van der Waals surface area contributed by atoms with Crippen molar-refractivity contribution in [2.24, 2.45) is 0 Å². The van der Waals surface area contributed by atoms with Crippen LogP contribution in [0.4, 0.5) is 0 Å². The van der Waals surface area contributed by atoms with Gasteiger partial charge in [0.1, 0.15) is 0 Å². The fraction of sp³-hybridized carbons (Fsp3) is 0.647. The highest BCUT2D eigenvalue weighted by molar-refractivity contribution is 5.41. The van der Waals surface area contributed by atoms with E-state index in [1.807, 2.05) is 18.2 Å². The molecule has 4 heteroatoms. The van der Waals surface area contributed by atoms with Gasteiger partial charge in [-0.3, -0.25) is 9.80 Å². The Balaban J connectivity index is 1.51. The standard InChI is InChI=1S/C17H26N2O2/c1-21-17-7-6-14(12-16(17)20)13-18-8-10-19(11-9-18)15-4-2-3-5-15/h6-7,12,15,20H,2-5,8-11,13H2,1H3. The van der Waals surface area contributed by atoms with Gasteiger partial charge in [0.05, 0.1) is 7.11 Å². The number of benzene rings is 1. The zero-order valence-electron chi connectivity index (χ0n) is 12.9. The molecule has 2 fully saturated rings. The monoisotopic (exact) mass is 290 g/mol. The number of rotatable bonds is 4. The highest BCUT2D eigenvalue weighted by Crippen LogP contribution is 2.27. The third-order valence-electron chi connectivity index (χ3n) is 4.90. The Hall–Kier alpha value is -1.26. The van der Waals surface area contributed by atoms with Gasteiger partial charge in [0.15, 0.2) is 11.5 Å². The first-order chi connectivity index (χ1) is 10.3.